The molecule has 6 heteroatoms. The molecule has 418 valence electrons. The summed E-state index contributed by atoms with van der Waals surface area (Å²) in [5.41, 5.74) is 22.0. The van der Waals surface area contributed by atoms with Gasteiger partial charge in [-0.3, -0.25) is 0 Å². The molecule has 0 fully saturated rings. The molecule has 4 heterocycles. The lowest BCUT2D eigenvalue weighted by Crippen LogP contribution is -1.96. The van der Waals surface area contributed by atoms with Crippen LogP contribution < -0.4 is 0 Å². The van der Waals surface area contributed by atoms with E-state index >= 15 is 0 Å². The first-order chi connectivity index (χ1) is 44.6. The molecule has 0 aliphatic rings. The van der Waals surface area contributed by atoms with Crippen molar-refractivity contribution in [1.82, 2.24) is 19.9 Å². The maximum Gasteiger partial charge on any atom is 0.160 e. The molecule has 0 spiro atoms. The van der Waals surface area contributed by atoms with Crippen molar-refractivity contribution < 1.29 is 8.83 Å². The van der Waals surface area contributed by atoms with Gasteiger partial charge in [-0.05, 0) is 120 Å². The number of benzene rings is 14. The predicted octanol–water partition coefficient (Wildman–Crippen LogP) is 22.7. The van der Waals surface area contributed by atoms with Gasteiger partial charge in [-0.1, -0.05) is 255 Å². The number of nitrogens with zero attached hydrogens (tertiary/aromatic N) is 4. The fourth-order valence-electron chi connectivity index (χ4n) is 13.7. The Morgan fingerprint density at radius 2 is 0.622 bits per heavy atom. The summed E-state index contributed by atoms with van der Waals surface area (Å²) in [6, 6.07) is 107. The molecule has 0 bridgehead atoms. The van der Waals surface area contributed by atoms with Gasteiger partial charge in [0.2, 0.25) is 0 Å². The lowest BCUT2D eigenvalue weighted by molar-refractivity contribution is 0.669. The van der Waals surface area contributed by atoms with Crippen LogP contribution in [0.2, 0.25) is 0 Å². The Labute approximate surface area is 517 Å². The molecule has 0 saturated heterocycles. The molecule has 14 aromatic carbocycles. The molecule has 0 aliphatic heterocycles. The largest absolute Gasteiger partial charge is 0.456 e. The van der Waals surface area contributed by atoms with Gasteiger partial charge in [0.05, 0.1) is 22.4 Å². The summed E-state index contributed by atoms with van der Waals surface area (Å²) in [5, 5.41) is 11.0. The maximum atomic E-state index is 6.93. The van der Waals surface area contributed by atoms with Gasteiger partial charge >= 0.3 is 0 Å². The number of aromatic nitrogens is 4. The summed E-state index contributed by atoms with van der Waals surface area (Å²) in [4.78, 5) is 21.1. The van der Waals surface area contributed by atoms with Crippen LogP contribution in [-0.4, -0.2) is 19.9 Å². The first-order valence-corrected chi connectivity index (χ1v) is 30.4. The Morgan fingerprint density at radius 1 is 0.200 bits per heavy atom. The van der Waals surface area contributed by atoms with Gasteiger partial charge < -0.3 is 8.83 Å². The van der Waals surface area contributed by atoms with Crippen molar-refractivity contribution in [3.63, 3.8) is 0 Å². The smallest absolute Gasteiger partial charge is 0.160 e. The second-order valence-electron chi connectivity index (χ2n) is 23.1. The highest BCUT2D eigenvalue weighted by Gasteiger charge is 2.23. The molecular formula is C84H50N4O2. The van der Waals surface area contributed by atoms with Crippen molar-refractivity contribution >= 4 is 87.2 Å². The highest BCUT2D eigenvalue weighted by molar-refractivity contribution is 6.20. The fraction of sp³-hybridized carbons (Fsp3) is 0. The van der Waals surface area contributed by atoms with Crippen LogP contribution in [0.25, 0.3) is 188 Å². The molecule has 18 aromatic rings. The van der Waals surface area contributed by atoms with E-state index in [0.29, 0.717) is 11.6 Å². The topological polar surface area (TPSA) is 77.8 Å². The third-order valence-electron chi connectivity index (χ3n) is 18.0. The van der Waals surface area contributed by atoms with Crippen molar-refractivity contribution in [2.24, 2.45) is 0 Å². The number of furan rings is 2. The molecular weight excluding hydrogens is 1100 g/mol. The molecule has 0 amide bonds. The molecule has 0 atom stereocenters. The SMILES string of the molecule is c1ccc(-c2nc(-c3ccccc3)c3ccc(-c4ccc(-c5ccc(-c6ccc(-c7nc(-c8ccccc8)c8cc(-c9ccc(-c%10cccc%11oc%12ccccc%12c%10%11)c%10ccccc9%10)ccc8n7)cc6)c6oc7ccccc7c56)c5ccccc45)cc3n2)cc1. The molecule has 0 N–H and O–H groups in total. The zero-order valence-electron chi connectivity index (χ0n) is 48.5. The molecule has 0 unspecified atom stereocenters. The minimum atomic E-state index is 0.654. The Morgan fingerprint density at radius 3 is 1.26 bits per heavy atom. The van der Waals surface area contributed by atoms with Crippen LogP contribution in [0.1, 0.15) is 0 Å². The van der Waals surface area contributed by atoms with Crippen molar-refractivity contribution in [3.8, 4) is 101 Å². The average Bonchev–Trinajstić information content (AvgIpc) is 1.51. The van der Waals surface area contributed by atoms with E-state index in [4.69, 9.17) is 28.8 Å². The Kier molecular flexibility index (Phi) is 11.8. The van der Waals surface area contributed by atoms with Gasteiger partial charge in [-0.15, -0.1) is 0 Å². The third kappa shape index (κ3) is 8.41. The molecule has 4 aromatic heterocycles. The van der Waals surface area contributed by atoms with Gasteiger partial charge in [0.1, 0.15) is 22.3 Å². The highest BCUT2D eigenvalue weighted by Crippen LogP contribution is 2.47. The van der Waals surface area contributed by atoms with E-state index in [1.54, 1.807) is 0 Å². The number of fused-ring (bicyclic) bond motifs is 10. The Bertz CT molecular complexity index is 5900. The monoisotopic (exact) mass is 1150 g/mol. The standard InChI is InChI=1S/C84H50N4O2/c1-4-19-52(20-5-1)80-69-41-39-57(50-74(69)86-83(87-80)54-23-8-3-9-24-54)59-43-46-66(64-28-13-11-26-62(59)64)68-47-44-60(82-79(68)71-30-15-17-33-76(71)90-82)51-35-37-55(38-36-51)84-85-73-48-40-56(49-72(73)81(88-84)53-21-6-2-7-22-53)58-42-45-65(63-27-12-10-25-61(58)63)67-31-18-34-77-78(67)70-29-14-16-32-75(70)89-77/h1-50H. The second kappa shape index (κ2) is 20.8. The maximum absolute atomic E-state index is 6.93. The minimum Gasteiger partial charge on any atom is -0.456 e. The van der Waals surface area contributed by atoms with E-state index in [0.717, 1.165) is 166 Å². The highest BCUT2D eigenvalue weighted by atomic mass is 16.3. The summed E-state index contributed by atoms with van der Waals surface area (Å²) in [6.07, 6.45) is 0. The van der Waals surface area contributed by atoms with E-state index in [2.05, 4.69) is 255 Å². The van der Waals surface area contributed by atoms with Gasteiger partial charge in [0.15, 0.2) is 11.6 Å². The summed E-state index contributed by atoms with van der Waals surface area (Å²) in [5.74, 6) is 1.35. The van der Waals surface area contributed by atoms with Crippen LogP contribution in [0.3, 0.4) is 0 Å². The minimum absolute atomic E-state index is 0.654. The average molecular weight is 1150 g/mol. The van der Waals surface area contributed by atoms with Crippen LogP contribution in [0.5, 0.6) is 0 Å². The summed E-state index contributed by atoms with van der Waals surface area (Å²) < 4.78 is 13.3. The van der Waals surface area contributed by atoms with Crippen LogP contribution in [-0.2, 0) is 0 Å². The van der Waals surface area contributed by atoms with E-state index in [1.165, 1.54) is 10.8 Å². The lowest BCUT2D eigenvalue weighted by atomic mass is 9.89. The first kappa shape index (κ1) is 51.1. The molecule has 18 rings (SSSR count). The number of para-hydroxylation sites is 2. The molecule has 0 saturated carbocycles. The lowest BCUT2D eigenvalue weighted by Gasteiger charge is -2.15. The second-order valence-corrected chi connectivity index (χ2v) is 23.1. The van der Waals surface area contributed by atoms with Crippen molar-refractivity contribution in [1.29, 1.82) is 0 Å². The number of hydrogen-bond donors (Lipinski definition) is 0. The molecule has 6 nitrogen and oxygen atoms in total. The van der Waals surface area contributed by atoms with Crippen LogP contribution in [0.15, 0.2) is 312 Å². The van der Waals surface area contributed by atoms with E-state index in [9.17, 15) is 0 Å². The molecule has 90 heavy (non-hydrogen) atoms. The van der Waals surface area contributed by atoms with Crippen molar-refractivity contribution in [2.45, 2.75) is 0 Å². The number of hydrogen-bond acceptors (Lipinski definition) is 6. The fourth-order valence-corrected chi connectivity index (χ4v) is 13.7. The Balaban J connectivity index is 0.713. The summed E-state index contributed by atoms with van der Waals surface area (Å²) in [6.45, 7) is 0. The normalized spacial score (nSPS) is 11.8. The summed E-state index contributed by atoms with van der Waals surface area (Å²) in [7, 11) is 0. The van der Waals surface area contributed by atoms with Crippen LogP contribution in [0.4, 0.5) is 0 Å². The first-order valence-electron chi connectivity index (χ1n) is 30.4. The van der Waals surface area contributed by atoms with Crippen molar-refractivity contribution in [3.05, 3.63) is 303 Å². The van der Waals surface area contributed by atoms with Crippen LogP contribution >= 0.6 is 0 Å². The van der Waals surface area contributed by atoms with E-state index in [-0.39, 0.29) is 0 Å². The van der Waals surface area contributed by atoms with Gasteiger partial charge in [-0.25, -0.2) is 19.9 Å². The zero-order valence-corrected chi connectivity index (χ0v) is 48.5. The predicted molar refractivity (Wildman–Crippen MR) is 371 cm³/mol. The zero-order chi connectivity index (χ0) is 59.2. The van der Waals surface area contributed by atoms with Crippen molar-refractivity contribution in [2.75, 3.05) is 0 Å². The van der Waals surface area contributed by atoms with E-state index < -0.39 is 0 Å². The number of rotatable bonds is 9. The quantitative estimate of drug-likeness (QED) is 0.143. The van der Waals surface area contributed by atoms with Crippen LogP contribution in [0, 0.1) is 0 Å². The van der Waals surface area contributed by atoms with E-state index in [1.807, 2.05) is 48.5 Å². The molecule has 0 aliphatic carbocycles. The molecule has 0 radical (unpaired) electrons. The van der Waals surface area contributed by atoms with Gasteiger partial charge in [0.25, 0.3) is 0 Å². The summed E-state index contributed by atoms with van der Waals surface area (Å²) >= 11 is 0. The third-order valence-corrected chi connectivity index (χ3v) is 18.0. The van der Waals surface area contributed by atoms with Gasteiger partial charge in [-0.2, -0.15) is 0 Å². The van der Waals surface area contributed by atoms with Gasteiger partial charge in [0, 0.05) is 60.1 Å². The Hall–Kier alpha value is -12.1.